The third-order valence-electron chi connectivity index (χ3n) is 4.36. The van der Waals surface area contributed by atoms with Gasteiger partial charge in [0.05, 0.1) is 16.1 Å². The largest absolute Gasteiger partial charge is 0.368 e. The fourth-order valence-corrected chi connectivity index (χ4v) is 5.09. The first kappa shape index (κ1) is 19.0. The molecule has 0 spiro atoms. The first-order chi connectivity index (χ1) is 12.3. The number of halogens is 2. The molecule has 0 radical (unpaired) electrons. The molecule has 0 unspecified atom stereocenters. The van der Waals surface area contributed by atoms with Crippen LogP contribution in [0.4, 0.5) is 10.1 Å². The molecule has 1 fully saturated rings. The Hall–Kier alpha value is -1.77. The van der Waals surface area contributed by atoms with Crippen molar-refractivity contribution in [2.24, 2.45) is 0 Å². The van der Waals surface area contributed by atoms with Crippen LogP contribution in [0, 0.1) is 5.82 Å². The number of nitrogens with zero attached hydrogens (tertiary/aromatic N) is 2. The monoisotopic (exact) mass is 440 g/mol. The highest BCUT2D eigenvalue weighted by atomic mass is 79.9. The lowest BCUT2D eigenvalue weighted by atomic mass is 10.1. The van der Waals surface area contributed by atoms with Gasteiger partial charge in [-0.1, -0.05) is 28.1 Å². The predicted molar refractivity (Wildman–Crippen MR) is 102 cm³/mol. The molecule has 138 valence electrons. The minimum atomic E-state index is -3.59. The molecule has 1 saturated heterocycles. The van der Waals surface area contributed by atoms with Crippen LogP contribution in [0.25, 0.3) is 0 Å². The Kier molecular flexibility index (Phi) is 5.45. The van der Waals surface area contributed by atoms with Crippen molar-refractivity contribution in [3.05, 3.63) is 58.3 Å². The molecule has 0 aliphatic carbocycles. The van der Waals surface area contributed by atoms with Crippen molar-refractivity contribution >= 4 is 37.4 Å². The van der Waals surface area contributed by atoms with Crippen LogP contribution < -0.4 is 4.90 Å². The number of benzene rings is 2. The number of Topliss-reactive ketones (excluding diaryl/α,β-unsaturated/α-hetero) is 1. The van der Waals surface area contributed by atoms with Crippen LogP contribution in [0.1, 0.15) is 17.3 Å². The first-order valence-electron chi connectivity index (χ1n) is 8.11. The molecule has 1 aliphatic heterocycles. The van der Waals surface area contributed by atoms with Crippen molar-refractivity contribution in [2.45, 2.75) is 11.8 Å². The van der Waals surface area contributed by atoms with Crippen molar-refractivity contribution in [2.75, 3.05) is 31.1 Å². The number of anilines is 1. The van der Waals surface area contributed by atoms with Crippen molar-refractivity contribution in [3.8, 4) is 0 Å². The molecule has 0 N–H and O–H groups in total. The highest BCUT2D eigenvalue weighted by molar-refractivity contribution is 9.10. The van der Waals surface area contributed by atoms with E-state index in [1.165, 1.54) is 17.3 Å². The number of carbonyl (C=O) groups is 1. The molecule has 1 heterocycles. The van der Waals surface area contributed by atoms with Crippen molar-refractivity contribution < 1.29 is 17.6 Å². The Morgan fingerprint density at radius 2 is 1.73 bits per heavy atom. The van der Waals surface area contributed by atoms with E-state index in [2.05, 4.69) is 15.9 Å². The van der Waals surface area contributed by atoms with Gasteiger partial charge in [-0.05, 0) is 37.3 Å². The summed E-state index contributed by atoms with van der Waals surface area (Å²) in [5, 5.41) is 0. The van der Waals surface area contributed by atoms with E-state index in [9.17, 15) is 17.6 Å². The number of carbonyl (C=O) groups excluding carboxylic acids is 1. The molecule has 2 aromatic carbocycles. The molecule has 0 bridgehead atoms. The first-order valence-corrected chi connectivity index (χ1v) is 10.3. The van der Waals surface area contributed by atoms with Crippen LogP contribution in [0.3, 0.4) is 0 Å². The van der Waals surface area contributed by atoms with Gasteiger partial charge in [-0.3, -0.25) is 4.79 Å². The van der Waals surface area contributed by atoms with Gasteiger partial charge in [0.2, 0.25) is 10.0 Å². The Bertz CT molecular complexity index is 941. The maximum absolute atomic E-state index is 14.0. The Morgan fingerprint density at radius 1 is 1.08 bits per heavy atom. The fraction of sp³-hybridized carbons (Fsp3) is 0.278. The van der Waals surface area contributed by atoms with E-state index in [1.54, 1.807) is 36.4 Å². The highest BCUT2D eigenvalue weighted by Gasteiger charge is 2.30. The Morgan fingerprint density at radius 3 is 2.35 bits per heavy atom. The minimum absolute atomic E-state index is 0.0517. The lowest BCUT2D eigenvalue weighted by Gasteiger charge is -2.36. The van der Waals surface area contributed by atoms with Crippen LogP contribution in [-0.2, 0) is 10.0 Å². The summed E-state index contributed by atoms with van der Waals surface area (Å²) in [6.07, 6.45) is 0. The number of hydrogen-bond acceptors (Lipinski definition) is 4. The topological polar surface area (TPSA) is 57.7 Å². The number of piperazine rings is 1. The molecular weight excluding hydrogens is 423 g/mol. The second-order valence-electron chi connectivity index (χ2n) is 6.04. The smallest absolute Gasteiger partial charge is 0.243 e. The standard InChI is InChI=1S/C18H18BrFN2O3S/c1-13(23)18-16(20)6-3-7-17(18)21-8-10-22(11-9-21)26(24,25)15-5-2-4-14(19)12-15/h2-7,12H,8-11H2,1H3. The van der Waals surface area contributed by atoms with Crippen molar-refractivity contribution in [3.63, 3.8) is 0 Å². The Balaban J connectivity index is 1.80. The number of rotatable bonds is 4. The second-order valence-corrected chi connectivity index (χ2v) is 8.89. The van der Waals surface area contributed by atoms with Gasteiger partial charge in [0.25, 0.3) is 0 Å². The molecule has 5 nitrogen and oxygen atoms in total. The summed E-state index contributed by atoms with van der Waals surface area (Å²) in [6.45, 7) is 2.63. The van der Waals surface area contributed by atoms with E-state index in [4.69, 9.17) is 0 Å². The van der Waals surface area contributed by atoms with E-state index in [1.807, 2.05) is 4.90 Å². The van der Waals surface area contributed by atoms with E-state index >= 15 is 0 Å². The van der Waals surface area contributed by atoms with Gasteiger partial charge in [-0.15, -0.1) is 0 Å². The fourth-order valence-electron chi connectivity index (χ4n) is 3.07. The second kappa shape index (κ2) is 7.46. The van der Waals surface area contributed by atoms with Crippen LogP contribution in [0.15, 0.2) is 51.8 Å². The van der Waals surface area contributed by atoms with Gasteiger partial charge < -0.3 is 4.90 Å². The third kappa shape index (κ3) is 3.67. The molecule has 0 saturated carbocycles. The zero-order valence-corrected chi connectivity index (χ0v) is 16.6. The maximum Gasteiger partial charge on any atom is 0.243 e. The van der Waals surface area contributed by atoms with Gasteiger partial charge in [0, 0.05) is 30.7 Å². The lowest BCUT2D eigenvalue weighted by Crippen LogP contribution is -2.49. The number of ketones is 1. The van der Waals surface area contributed by atoms with E-state index in [0.29, 0.717) is 23.2 Å². The van der Waals surface area contributed by atoms with Crippen molar-refractivity contribution in [1.29, 1.82) is 0 Å². The lowest BCUT2D eigenvalue weighted by molar-refractivity contribution is 0.101. The van der Waals surface area contributed by atoms with Crippen LogP contribution in [0.5, 0.6) is 0 Å². The zero-order chi connectivity index (χ0) is 18.9. The third-order valence-corrected chi connectivity index (χ3v) is 6.74. The molecule has 3 rings (SSSR count). The normalized spacial score (nSPS) is 15.9. The number of sulfonamides is 1. The minimum Gasteiger partial charge on any atom is -0.368 e. The highest BCUT2D eigenvalue weighted by Crippen LogP contribution is 2.27. The van der Waals surface area contributed by atoms with E-state index in [-0.39, 0.29) is 29.3 Å². The summed E-state index contributed by atoms with van der Waals surface area (Å²) in [6, 6.07) is 11.1. The summed E-state index contributed by atoms with van der Waals surface area (Å²) in [5.74, 6) is -0.901. The van der Waals surface area contributed by atoms with Gasteiger partial charge in [-0.25, -0.2) is 12.8 Å². The van der Waals surface area contributed by atoms with Crippen LogP contribution >= 0.6 is 15.9 Å². The SMILES string of the molecule is CC(=O)c1c(F)cccc1N1CCN(S(=O)(=O)c2cccc(Br)c2)CC1. The summed E-state index contributed by atoms with van der Waals surface area (Å²) in [7, 11) is -3.59. The summed E-state index contributed by atoms with van der Waals surface area (Å²) in [4.78, 5) is 13.9. The maximum atomic E-state index is 14.0. The molecule has 0 aromatic heterocycles. The molecule has 2 aromatic rings. The number of hydrogen-bond donors (Lipinski definition) is 0. The van der Waals surface area contributed by atoms with Crippen molar-refractivity contribution in [1.82, 2.24) is 4.31 Å². The van der Waals surface area contributed by atoms with Crippen LogP contribution in [-0.4, -0.2) is 44.7 Å². The summed E-state index contributed by atoms with van der Waals surface area (Å²) >= 11 is 3.29. The zero-order valence-electron chi connectivity index (χ0n) is 14.2. The molecule has 0 atom stereocenters. The predicted octanol–water partition coefficient (Wildman–Crippen LogP) is 3.30. The van der Waals surface area contributed by atoms with Gasteiger partial charge in [-0.2, -0.15) is 4.31 Å². The summed E-state index contributed by atoms with van der Waals surface area (Å²) in [5.41, 5.74) is 0.563. The molecule has 1 aliphatic rings. The molecule has 8 heteroatoms. The van der Waals surface area contributed by atoms with E-state index < -0.39 is 15.8 Å². The average molecular weight is 441 g/mol. The molecule has 0 amide bonds. The average Bonchev–Trinajstić information content (AvgIpc) is 2.61. The van der Waals surface area contributed by atoms with E-state index in [0.717, 1.165) is 0 Å². The Labute approximate surface area is 160 Å². The molecular formula is C18H18BrFN2O3S. The van der Waals surface area contributed by atoms with Gasteiger partial charge >= 0.3 is 0 Å². The van der Waals surface area contributed by atoms with Gasteiger partial charge in [0.1, 0.15) is 5.82 Å². The molecule has 26 heavy (non-hydrogen) atoms. The van der Waals surface area contributed by atoms with Crippen LogP contribution in [0.2, 0.25) is 0 Å². The quantitative estimate of drug-likeness (QED) is 0.684. The van der Waals surface area contributed by atoms with Gasteiger partial charge in [0.15, 0.2) is 5.78 Å². The summed E-state index contributed by atoms with van der Waals surface area (Å²) < 4.78 is 41.7.